The summed E-state index contributed by atoms with van der Waals surface area (Å²) in [5, 5.41) is 11.0. The molecule has 0 radical (unpaired) electrons. The SMILES string of the molecule is Cc1cc(C)nc(Sc2cc(C(C)O)ccn2)n1. The van der Waals surface area contributed by atoms with Crippen molar-refractivity contribution in [2.75, 3.05) is 0 Å². The van der Waals surface area contributed by atoms with E-state index in [1.165, 1.54) is 11.8 Å². The molecule has 2 rings (SSSR count). The number of rotatable bonds is 3. The molecule has 0 amide bonds. The van der Waals surface area contributed by atoms with Crippen LogP contribution < -0.4 is 0 Å². The molecule has 1 unspecified atom stereocenters. The first-order valence-corrected chi connectivity index (χ1v) is 6.50. The van der Waals surface area contributed by atoms with Gasteiger partial charge in [-0.2, -0.15) is 0 Å². The summed E-state index contributed by atoms with van der Waals surface area (Å²) < 4.78 is 0. The summed E-state index contributed by atoms with van der Waals surface area (Å²) in [5.41, 5.74) is 2.73. The highest BCUT2D eigenvalue weighted by Gasteiger charge is 2.06. The summed E-state index contributed by atoms with van der Waals surface area (Å²) in [6.45, 7) is 5.62. The van der Waals surface area contributed by atoms with Gasteiger partial charge in [0.05, 0.1) is 6.10 Å². The molecule has 2 aromatic heterocycles. The normalized spacial score (nSPS) is 12.4. The van der Waals surface area contributed by atoms with Crippen molar-refractivity contribution in [1.82, 2.24) is 15.0 Å². The van der Waals surface area contributed by atoms with E-state index in [9.17, 15) is 5.11 Å². The maximum absolute atomic E-state index is 9.53. The Morgan fingerprint density at radius 2 is 1.83 bits per heavy atom. The predicted molar refractivity (Wildman–Crippen MR) is 70.5 cm³/mol. The van der Waals surface area contributed by atoms with Gasteiger partial charge in [-0.3, -0.25) is 0 Å². The first-order chi connectivity index (χ1) is 8.54. The second-order valence-electron chi connectivity index (χ2n) is 4.14. The lowest BCUT2D eigenvalue weighted by Crippen LogP contribution is -1.95. The highest BCUT2D eigenvalue weighted by molar-refractivity contribution is 7.99. The van der Waals surface area contributed by atoms with Crippen LogP contribution in [0.3, 0.4) is 0 Å². The van der Waals surface area contributed by atoms with Gasteiger partial charge in [0.15, 0.2) is 5.16 Å². The van der Waals surface area contributed by atoms with Crippen molar-refractivity contribution in [3.05, 3.63) is 41.3 Å². The van der Waals surface area contributed by atoms with Crippen LogP contribution in [0.4, 0.5) is 0 Å². The van der Waals surface area contributed by atoms with Crippen molar-refractivity contribution < 1.29 is 5.11 Å². The summed E-state index contributed by atoms with van der Waals surface area (Å²) in [4.78, 5) is 13.0. The van der Waals surface area contributed by atoms with Crippen molar-refractivity contribution in [3.8, 4) is 0 Å². The summed E-state index contributed by atoms with van der Waals surface area (Å²) in [7, 11) is 0. The summed E-state index contributed by atoms with van der Waals surface area (Å²) >= 11 is 1.40. The molecule has 1 atom stereocenters. The highest BCUT2D eigenvalue weighted by atomic mass is 32.2. The van der Waals surface area contributed by atoms with E-state index in [0.29, 0.717) is 5.16 Å². The molecule has 18 heavy (non-hydrogen) atoms. The lowest BCUT2D eigenvalue weighted by atomic mass is 10.2. The molecule has 0 aliphatic rings. The number of aryl methyl sites for hydroxylation is 2. The van der Waals surface area contributed by atoms with Gasteiger partial charge in [0.2, 0.25) is 0 Å². The minimum absolute atomic E-state index is 0.493. The smallest absolute Gasteiger partial charge is 0.194 e. The summed E-state index contributed by atoms with van der Waals surface area (Å²) in [5.74, 6) is 0. The Kier molecular flexibility index (Phi) is 3.93. The lowest BCUT2D eigenvalue weighted by molar-refractivity contribution is 0.199. The second kappa shape index (κ2) is 5.46. The number of hydrogen-bond acceptors (Lipinski definition) is 5. The van der Waals surface area contributed by atoms with Crippen molar-refractivity contribution in [2.24, 2.45) is 0 Å². The molecular weight excluding hydrogens is 246 g/mol. The lowest BCUT2D eigenvalue weighted by Gasteiger charge is -2.06. The van der Waals surface area contributed by atoms with E-state index >= 15 is 0 Å². The Morgan fingerprint density at radius 1 is 1.17 bits per heavy atom. The van der Waals surface area contributed by atoms with Gasteiger partial charge in [-0.1, -0.05) is 0 Å². The molecule has 1 N–H and O–H groups in total. The zero-order valence-corrected chi connectivity index (χ0v) is 11.4. The Labute approximate surface area is 111 Å². The molecule has 0 saturated heterocycles. The molecule has 0 aliphatic heterocycles. The van der Waals surface area contributed by atoms with Gasteiger partial charge in [0.1, 0.15) is 5.03 Å². The number of aliphatic hydroxyl groups excluding tert-OH is 1. The average Bonchev–Trinajstić information content (AvgIpc) is 2.27. The van der Waals surface area contributed by atoms with Crippen LogP contribution in [0.25, 0.3) is 0 Å². The molecule has 0 spiro atoms. The Bertz CT molecular complexity index is 537. The molecule has 4 nitrogen and oxygen atoms in total. The van der Waals surface area contributed by atoms with E-state index < -0.39 is 6.10 Å². The van der Waals surface area contributed by atoms with Crippen LogP contribution in [0.2, 0.25) is 0 Å². The minimum Gasteiger partial charge on any atom is -0.389 e. The number of aromatic nitrogens is 3. The standard InChI is InChI=1S/C13H15N3OS/c1-8-6-9(2)16-13(15-8)18-12-7-11(10(3)17)4-5-14-12/h4-7,10,17H,1-3H3. The fraction of sp³-hybridized carbons (Fsp3) is 0.308. The second-order valence-corrected chi connectivity index (χ2v) is 5.13. The first kappa shape index (κ1) is 13.0. The summed E-state index contributed by atoms with van der Waals surface area (Å²) in [6, 6.07) is 5.59. The van der Waals surface area contributed by atoms with Crippen LogP contribution in [-0.4, -0.2) is 20.1 Å². The van der Waals surface area contributed by atoms with Gasteiger partial charge >= 0.3 is 0 Å². The molecule has 0 aromatic carbocycles. The van der Waals surface area contributed by atoms with E-state index in [1.807, 2.05) is 26.0 Å². The van der Waals surface area contributed by atoms with E-state index in [2.05, 4.69) is 15.0 Å². The van der Waals surface area contributed by atoms with Crippen molar-refractivity contribution in [3.63, 3.8) is 0 Å². The highest BCUT2D eigenvalue weighted by Crippen LogP contribution is 2.25. The van der Waals surface area contributed by atoms with E-state index in [1.54, 1.807) is 19.2 Å². The van der Waals surface area contributed by atoms with Crippen molar-refractivity contribution >= 4 is 11.8 Å². The fourth-order valence-corrected chi connectivity index (χ4v) is 2.45. The molecule has 2 heterocycles. The third-order valence-corrected chi connectivity index (χ3v) is 3.20. The van der Waals surface area contributed by atoms with Crippen molar-refractivity contribution in [2.45, 2.75) is 37.1 Å². The van der Waals surface area contributed by atoms with Crippen molar-refractivity contribution in [1.29, 1.82) is 0 Å². The Morgan fingerprint density at radius 3 is 2.44 bits per heavy atom. The largest absolute Gasteiger partial charge is 0.389 e. The van der Waals surface area contributed by atoms with Crippen LogP contribution in [0.5, 0.6) is 0 Å². The third-order valence-electron chi connectivity index (χ3n) is 2.40. The third kappa shape index (κ3) is 3.27. The zero-order valence-electron chi connectivity index (χ0n) is 10.6. The number of pyridine rings is 1. The monoisotopic (exact) mass is 261 g/mol. The molecule has 0 bridgehead atoms. The van der Waals surface area contributed by atoms with Crippen LogP contribution in [0.1, 0.15) is 30.0 Å². The fourth-order valence-electron chi connectivity index (χ4n) is 1.57. The van der Waals surface area contributed by atoms with Gasteiger partial charge in [-0.15, -0.1) is 0 Å². The quantitative estimate of drug-likeness (QED) is 0.861. The summed E-state index contributed by atoms with van der Waals surface area (Å²) in [6.07, 6.45) is 1.19. The number of nitrogens with zero attached hydrogens (tertiary/aromatic N) is 3. The maximum Gasteiger partial charge on any atom is 0.194 e. The van der Waals surface area contributed by atoms with Crippen LogP contribution in [0.15, 0.2) is 34.6 Å². The van der Waals surface area contributed by atoms with Gasteiger partial charge in [-0.25, -0.2) is 15.0 Å². The molecular formula is C13H15N3OS. The molecule has 0 aliphatic carbocycles. The zero-order chi connectivity index (χ0) is 13.1. The minimum atomic E-state index is -0.493. The van der Waals surface area contributed by atoms with Crippen LogP contribution in [0, 0.1) is 13.8 Å². The molecule has 0 fully saturated rings. The van der Waals surface area contributed by atoms with Gasteiger partial charge in [0, 0.05) is 17.6 Å². The topological polar surface area (TPSA) is 58.9 Å². The van der Waals surface area contributed by atoms with E-state index in [0.717, 1.165) is 22.0 Å². The molecule has 94 valence electrons. The Balaban J connectivity index is 2.25. The first-order valence-electron chi connectivity index (χ1n) is 5.69. The molecule has 2 aromatic rings. The van der Waals surface area contributed by atoms with Gasteiger partial charge < -0.3 is 5.11 Å². The average molecular weight is 261 g/mol. The number of hydrogen-bond donors (Lipinski definition) is 1. The van der Waals surface area contributed by atoms with Crippen LogP contribution >= 0.6 is 11.8 Å². The van der Waals surface area contributed by atoms with Crippen LogP contribution in [-0.2, 0) is 0 Å². The Hall–Kier alpha value is -1.46. The van der Waals surface area contributed by atoms with E-state index in [-0.39, 0.29) is 0 Å². The molecule has 0 saturated carbocycles. The van der Waals surface area contributed by atoms with Gasteiger partial charge in [0.25, 0.3) is 0 Å². The van der Waals surface area contributed by atoms with E-state index in [4.69, 9.17) is 0 Å². The number of aliphatic hydroxyl groups is 1. The maximum atomic E-state index is 9.53. The van der Waals surface area contributed by atoms with Gasteiger partial charge in [-0.05, 0) is 56.3 Å². The predicted octanol–water partition coefficient (Wildman–Crippen LogP) is 2.69. The molecule has 5 heteroatoms.